The SMILES string of the molecule is O=C(O)CCCN1CSc2nnc(-c3cccc(Br)c3)n2C1. The molecule has 0 fully saturated rings. The lowest BCUT2D eigenvalue weighted by Gasteiger charge is -2.27. The van der Waals surface area contributed by atoms with Gasteiger partial charge in [-0.2, -0.15) is 0 Å². The second-order valence-corrected chi connectivity index (χ2v) is 6.88. The van der Waals surface area contributed by atoms with Gasteiger partial charge in [0.1, 0.15) is 0 Å². The summed E-state index contributed by atoms with van der Waals surface area (Å²) in [6.07, 6.45) is 0.855. The quantitative estimate of drug-likeness (QED) is 0.856. The molecule has 0 bridgehead atoms. The summed E-state index contributed by atoms with van der Waals surface area (Å²) in [5.41, 5.74) is 1.01. The van der Waals surface area contributed by atoms with Crippen LogP contribution >= 0.6 is 27.7 Å². The Morgan fingerprint density at radius 1 is 1.41 bits per heavy atom. The minimum absolute atomic E-state index is 0.203. The van der Waals surface area contributed by atoms with E-state index in [1.54, 1.807) is 11.8 Å². The molecular formula is C14H15BrN4O2S. The van der Waals surface area contributed by atoms with Crippen molar-refractivity contribution in [3.05, 3.63) is 28.7 Å². The van der Waals surface area contributed by atoms with E-state index in [2.05, 4.69) is 35.6 Å². The van der Waals surface area contributed by atoms with Gasteiger partial charge in [0.2, 0.25) is 0 Å². The van der Waals surface area contributed by atoms with Gasteiger partial charge in [-0.1, -0.05) is 39.8 Å². The molecule has 0 unspecified atom stereocenters. The number of carboxylic acid groups (broad SMARTS) is 1. The first-order valence-electron chi connectivity index (χ1n) is 6.89. The number of carboxylic acids is 1. The average Bonchev–Trinajstić information content (AvgIpc) is 2.90. The van der Waals surface area contributed by atoms with Crippen molar-refractivity contribution in [3.8, 4) is 11.4 Å². The molecule has 2 aromatic rings. The maximum Gasteiger partial charge on any atom is 0.303 e. The molecular weight excluding hydrogens is 368 g/mol. The van der Waals surface area contributed by atoms with Crippen molar-refractivity contribution in [1.82, 2.24) is 19.7 Å². The number of rotatable bonds is 5. The summed E-state index contributed by atoms with van der Waals surface area (Å²) in [6, 6.07) is 7.98. The van der Waals surface area contributed by atoms with E-state index in [0.29, 0.717) is 13.1 Å². The van der Waals surface area contributed by atoms with E-state index in [1.807, 2.05) is 24.3 Å². The Hall–Kier alpha value is -1.38. The van der Waals surface area contributed by atoms with E-state index >= 15 is 0 Å². The highest BCUT2D eigenvalue weighted by Gasteiger charge is 2.22. The predicted octanol–water partition coefficient (Wildman–Crippen LogP) is 2.90. The molecule has 1 N–H and O–H groups in total. The molecule has 0 spiro atoms. The van der Waals surface area contributed by atoms with Crippen molar-refractivity contribution in [1.29, 1.82) is 0 Å². The number of aromatic nitrogens is 3. The first-order chi connectivity index (χ1) is 10.6. The third-order valence-corrected chi connectivity index (χ3v) is 4.93. The van der Waals surface area contributed by atoms with Gasteiger partial charge < -0.3 is 5.11 Å². The Morgan fingerprint density at radius 3 is 3.05 bits per heavy atom. The van der Waals surface area contributed by atoms with E-state index in [9.17, 15) is 4.79 Å². The second kappa shape index (κ2) is 6.80. The van der Waals surface area contributed by atoms with Crippen molar-refractivity contribution in [2.45, 2.75) is 24.7 Å². The highest BCUT2D eigenvalue weighted by atomic mass is 79.9. The maximum absolute atomic E-state index is 10.6. The van der Waals surface area contributed by atoms with Gasteiger partial charge in [0.15, 0.2) is 11.0 Å². The minimum Gasteiger partial charge on any atom is -0.481 e. The van der Waals surface area contributed by atoms with Crippen LogP contribution in [0.3, 0.4) is 0 Å². The van der Waals surface area contributed by atoms with Crippen LogP contribution in [0, 0.1) is 0 Å². The number of hydrogen-bond donors (Lipinski definition) is 1. The van der Waals surface area contributed by atoms with Crippen molar-refractivity contribution in [3.63, 3.8) is 0 Å². The molecule has 116 valence electrons. The summed E-state index contributed by atoms with van der Waals surface area (Å²) in [6.45, 7) is 1.45. The molecule has 0 atom stereocenters. The normalized spacial score (nSPS) is 14.8. The first-order valence-corrected chi connectivity index (χ1v) is 8.67. The number of carbonyl (C=O) groups is 1. The van der Waals surface area contributed by atoms with Gasteiger partial charge in [-0.15, -0.1) is 10.2 Å². The van der Waals surface area contributed by atoms with Gasteiger partial charge in [-0.3, -0.25) is 14.3 Å². The highest BCUT2D eigenvalue weighted by molar-refractivity contribution is 9.10. The van der Waals surface area contributed by atoms with Gasteiger partial charge >= 0.3 is 5.97 Å². The molecule has 0 radical (unpaired) electrons. The number of aliphatic carboxylic acids is 1. The van der Waals surface area contributed by atoms with Crippen molar-refractivity contribution >= 4 is 33.7 Å². The van der Waals surface area contributed by atoms with Crippen LogP contribution in [0.15, 0.2) is 33.9 Å². The van der Waals surface area contributed by atoms with Gasteiger partial charge in [-0.25, -0.2) is 0 Å². The van der Waals surface area contributed by atoms with Crippen LogP contribution in [-0.4, -0.2) is 43.2 Å². The summed E-state index contributed by atoms with van der Waals surface area (Å²) in [7, 11) is 0. The standard InChI is InChI=1S/C14H15BrN4O2S/c15-11-4-1-3-10(7-11)13-16-17-14-19(13)8-18(9-22-14)6-2-5-12(20)21/h1,3-4,7H,2,5-6,8-9H2,(H,20,21). The van der Waals surface area contributed by atoms with Crippen molar-refractivity contribution in [2.24, 2.45) is 0 Å². The zero-order valence-electron chi connectivity index (χ0n) is 11.8. The van der Waals surface area contributed by atoms with E-state index in [1.165, 1.54) is 0 Å². The molecule has 1 aromatic heterocycles. The monoisotopic (exact) mass is 382 g/mol. The fourth-order valence-electron chi connectivity index (χ4n) is 2.34. The third-order valence-electron chi connectivity index (χ3n) is 3.38. The molecule has 6 nitrogen and oxygen atoms in total. The predicted molar refractivity (Wildman–Crippen MR) is 87.5 cm³/mol. The van der Waals surface area contributed by atoms with Crippen molar-refractivity contribution < 1.29 is 9.90 Å². The van der Waals surface area contributed by atoms with Crippen LogP contribution in [0.1, 0.15) is 12.8 Å². The fourth-order valence-corrected chi connectivity index (χ4v) is 3.65. The fraction of sp³-hybridized carbons (Fsp3) is 0.357. The van der Waals surface area contributed by atoms with E-state index in [0.717, 1.165) is 33.4 Å². The average molecular weight is 383 g/mol. The largest absolute Gasteiger partial charge is 0.481 e. The first kappa shape index (κ1) is 15.5. The van der Waals surface area contributed by atoms with Crippen LogP contribution in [-0.2, 0) is 11.5 Å². The molecule has 3 rings (SSSR count). The summed E-state index contributed by atoms with van der Waals surface area (Å²) in [4.78, 5) is 12.8. The van der Waals surface area contributed by atoms with Crippen LogP contribution in [0.5, 0.6) is 0 Å². The molecule has 0 saturated carbocycles. The Kier molecular flexibility index (Phi) is 4.80. The summed E-state index contributed by atoms with van der Waals surface area (Å²) < 4.78 is 3.08. The highest BCUT2D eigenvalue weighted by Crippen LogP contribution is 2.29. The van der Waals surface area contributed by atoms with Gasteiger partial charge in [0, 0.05) is 23.0 Å². The van der Waals surface area contributed by atoms with E-state index in [4.69, 9.17) is 5.11 Å². The van der Waals surface area contributed by atoms with Crippen LogP contribution in [0.2, 0.25) is 0 Å². The lowest BCUT2D eigenvalue weighted by Crippen LogP contribution is -2.31. The second-order valence-electron chi connectivity index (χ2n) is 5.05. The molecule has 8 heteroatoms. The molecule has 0 amide bonds. The number of fused-ring (bicyclic) bond motifs is 1. The lowest BCUT2D eigenvalue weighted by atomic mass is 10.2. The molecule has 0 saturated heterocycles. The summed E-state index contributed by atoms with van der Waals surface area (Å²) >= 11 is 5.11. The van der Waals surface area contributed by atoms with E-state index < -0.39 is 5.97 Å². The number of benzene rings is 1. The van der Waals surface area contributed by atoms with E-state index in [-0.39, 0.29) is 6.42 Å². The van der Waals surface area contributed by atoms with Crippen LogP contribution < -0.4 is 0 Å². The summed E-state index contributed by atoms with van der Waals surface area (Å²) in [5.74, 6) is 0.909. The van der Waals surface area contributed by atoms with Crippen molar-refractivity contribution in [2.75, 3.05) is 12.4 Å². The minimum atomic E-state index is -0.746. The maximum atomic E-state index is 10.6. The van der Waals surface area contributed by atoms with Crippen LogP contribution in [0.25, 0.3) is 11.4 Å². The number of hydrogen-bond acceptors (Lipinski definition) is 5. The Morgan fingerprint density at radius 2 is 2.27 bits per heavy atom. The summed E-state index contributed by atoms with van der Waals surface area (Å²) in [5, 5.41) is 18.2. The molecule has 1 aliphatic heterocycles. The zero-order chi connectivity index (χ0) is 15.5. The molecule has 22 heavy (non-hydrogen) atoms. The number of halogens is 1. The lowest BCUT2D eigenvalue weighted by molar-refractivity contribution is -0.137. The molecule has 2 heterocycles. The Bertz CT molecular complexity index is 691. The van der Waals surface area contributed by atoms with Gasteiger partial charge in [0.05, 0.1) is 12.5 Å². The smallest absolute Gasteiger partial charge is 0.303 e. The zero-order valence-corrected chi connectivity index (χ0v) is 14.2. The van der Waals surface area contributed by atoms with Crippen LogP contribution in [0.4, 0.5) is 0 Å². The third kappa shape index (κ3) is 3.50. The van der Waals surface area contributed by atoms with Gasteiger partial charge in [-0.05, 0) is 18.6 Å². The molecule has 1 aromatic carbocycles. The molecule has 1 aliphatic rings. The number of thioether (sulfide) groups is 1. The topological polar surface area (TPSA) is 71.2 Å². The Balaban J connectivity index is 1.75. The Labute approximate surface area is 140 Å². The molecule has 0 aliphatic carbocycles. The van der Waals surface area contributed by atoms with Gasteiger partial charge in [0.25, 0.3) is 0 Å². The number of nitrogens with zero attached hydrogens (tertiary/aromatic N) is 4.